The topological polar surface area (TPSA) is 83.5 Å². The molecule has 31 heavy (non-hydrogen) atoms. The van der Waals surface area contributed by atoms with Crippen LogP contribution < -0.4 is 4.72 Å². The molecule has 0 fully saturated rings. The SMILES string of the molecule is O=C(O)c1ccc(S(=O)(=O)Nc2ccc(C#Cc3cccc(C(F)(F)F)c3)cc2)cc1. The molecule has 0 bridgehead atoms. The van der Waals surface area contributed by atoms with Gasteiger partial charge in [0.25, 0.3) is 10.0 Å². The largest absolute Gasteiger partial charge is 0.478 e. The van der Waals surface area contributed by atoms with Gasteiger partial charge in [0.1, 0.15) is 0 Å². The highest BCUT2D eigenvalue weighted by atomic mass is 32.2. The quantitative estimate of drug-likeness (QED) is 0.575. The first-order chi connectivity index (χ1) is 14.5. The minimum Gasteiger partial charge on any atom is -0.478 e. The molecule has 3 aromatic rings. The highest BCUT2D eigenvalue weighted by Crippen LogP contribution is 2.29. The standard InChI is InChI=1S/C22H14F3NO4S/c23-22(24,25)18-3-1-2-16(14-18)5-4-15-6-10-19(11-7-15)26-31(29,30)20-12-8-17(9-13-20)21(27)28/h1-3,6-14,26H,(H,27,28). The number of carbonyl (C=O) groups is 1. The lowest BCUT2D eigenvalue weighted by molar-refractivity contribution is -0.137. The van der Waals surface area contributed by atoms with Crippen LogP contribution in [0, 0.1) is 11.8 Å². The van der Waals surface area contributed by atoms with Gasteiger partial charge in [-0.25, -0.2) is 13.2 Å². The molecule has 0 atom stereocenters. The third-order valence-corrected chi connectivity index (χ3v) is 5.49. The lowest BCUT2D eigenvalue weighted by Crippen LogP contribution is -2.13. The van der Waals surface area contributed by atoms with Crippen molar-refractivity contribution < 1.29 is 31.5 Å². The summed E-state index contributed by atoms with van der Waals surface area (Å²) in [4.78, 5) is 10.8. The van der Waals surface area contributed by atoms with Crippen molar-refractivity contribution in [2.75, 3.05) is 4.72 Å². The minimum absolute atomic E-state index is 0.0392. The van der Waals surface area contributed by atoms with Crippen molar-refractivity contribution in [3.63, 3.8) is 0 Å². The summed E-state index contributed by atoms with van der Waals surface area (Å²) in [5.41, 5.74) is 0.0885. The lowest BCUT2D eigenvalue weighted by atomic mass is 10.1. The molecule has 0 spiro atoms. The smallest absolute Gasteiger partial charge is 0.416 e. The molecule has 0 heterocycles. The van der Waals surface area contributed by atoms with E-state index in [0.717, 1.165) is 12.1 Å². The summed E-state index contributed by atoms with van der Waals surface area (Å²) in [7, 11) is -3.93. The molecule has 0 unspecified atom stereocenters. The number of sulfonamides is 1. The van der Waals surface area contributed by atoms with Crippen LogP contribution in [0.1, 0.15) is 27.0 Å². The number of rotatable bonds is 4. The Kier molecular flexibility index (Phi) is 6.04. The number of carboxylic acid groups (broad SMARTS) is 1. The fourth-order valence-electron chi connectivity index (χ4n) is 2.53. The molecule has 0 aliphatic heterocycles. The predicted octanol–water partition coefficient (Wildman–Crippen LogP) is 4.60. The Morgan fingerprint density at radius 1 is 0.871 bits per heavy atom. The number of hydrogen-bond donors (Lipinski definition) is 2. The van der Waals surface area contributed by atoms with E-state index in [4.69, 9.17) is 5.11 Å². The third-order valence-electron chi connectivity index (χ3n) is 4.09. The zero-order valence-corrected chi connectivity index (χ0v) is 16.5. The molecule has 0 saturated heterocycles. The molecular weight excluding hydrogens is 431 g/mol. The Balaban J connectivity index is 1.74. The van der Waals surface area contributed by atoms with Crippen molar-refractivity contribution >= 4 is 21.7 Å². The number of anilines is 1. The molecule has 9 heteroatoms. The molecule has 0 amide bonds. The summed E-state index contributed by atoms with van der Waals surface area (Å²) in [6.45, 7) is 0. The van der Waals surface area contributed by atoms with Crippen molar-refractivity contribution in [3.05, 3.63) is 95.1 Å². The van der Waals surface area contributed by atoms with Crippen molar-refractivity contribution in [3.8, 4) is 11.8 Å². The van der Waals surface area contributed by atoms with Crippen LogP contribution in [0.2, 0.25) is 0 Å². The van der Waals surface area contributed by atoms with Gasteiger partial charge in [0.2, 0.25) is 0 Å². The molecular formula is C22H14F3NO4S. The van der Waals surface area contributed by atoms with E-state index in [1.165, 1.54) is 60.7 Å². The molecule has 0 aliphatic carbocycles. The highest BCUT2D eigenvalue weighted by Gasteiger charge is 2.30. The zero-order valence-electron chi connectivity index (χ0n) is 15.6. The van der Waals surface area contributed by atoms with Crippen LogP contribution >= 0.6 is 0 Å². The monoisotopic (exact) mass is 445 g/mol. The van der Waals surface area contributed by atoms with Crippen LogP contribution in [0.5, 0.6) is 0 Å². The predicted molar refractivity (Wildman–Crippen MR) is 108 cm³/mol. The van der Waals surface area contributed by atoms with Crippen LogP contribution in [0.25, 0.3) is 0 Å². The highest BCUT2D eigenvalue weighted by molar-refractivity contribution is 7.92. The number of nitrogens with one attached hydrogen (secondary N) is 1. The average molecular weight is 445 g/mol. The Bertz CT molecular complexity index is 1270. The van der Waals surface area contributed by atoms with Crippen LogP contribution in [-0.2, 0) is 16.2 Å². The van der Waals surface area contributed by atoms with Crippen LogP contribution in [-0.4, -0.2) is 19.5 Å². The number of aromatic carboxylic acids is 1. The van der Waals surface area contributed by atoms with E-state index in [1.54, 1.807) is 0 Å². The maximum atomic E-state index is 12.8. The second kappa shape index (κ2) is 8.53. The summed E-state index contributed by atoms with van der Waals surface area (Å²) >= 11 is 0. The van der Waals surface area contributed by atoms with Gasteiger partial charge in [-0.15, -0.1) is 0 Å². The third kappa shape index (κ3) is 5.65. The second-order valence-corrected chi connectivity index (χ2v) is 8.02. The summed E-state index contributed by atoms with van der Waals surface area (Å²) in [5, 5.41) is 8.88. The van der Waals surface area contributed by atoms with E-state index >= 15 is 0 Å². The number of halogens is 3. The zero-order chi connectivity index (χ0) is 22.6. The molecule has 0 aromatic heterocycles. The van der Waals surface area contributed by atoms with Crippen LogP contribution in [0.4, 0.5) is 18.9 Å². The summed E-state index contributed by atoms with van der Waals surface area (Å²) < 4.78 is 65.5. The maximum absolute atomic E-state index is 12.8. The van der Waals surface area contributed by atoms with Crippen LogP contribution in [0.3, 0.4) is 0 Å². The maximum Gasteiger partial charge on any atom is 0.416 e. The first kappa shape index (κ1) is 21.9. The van der Waals surface area contributed by atoms with Gasteiger partial charge in [0, 0.05) is 16.8 Å². The Morgan fingerprint density at radius 3 is 2.06 bits per heavy atom. The number of alkyl halides is 3. The van der Waals surface area contributed by atoms with Gasteiger partial charge in [-0.2, -0.15) is 13.2 Å². The molecule has 5 nitrogen and oxygen atoms in total. The number of carboxylic acids is 1. The Morgan fingerprint density at radius 2 is 1.48 bits per heavy atom. The first-order valence-corrected chi connectivity index (χ1v) is 10.2. The van der Waals surface area contributed by atoms with E-state index in [0.29, 0.717) is 5.56 Å². The summed E-state index contributed by atoms with van der Waals surface area (Å²) in [6.07, 6.45) is -4.45. The van der Waals surface area contributed by atoms with Gasteiger partial charge in [-0.3, -0.25) is 4.72 Å². The van der Waals surface area contributed by atoms with Crippen molar-refractivity contribution in [2.45, 2.75) is 11.1 Å². The van der Waals surface area contributed by atoms with E-state index in [1.807, 2.05) is 0 Å². The number of hydrogen-bond acceptors (Lipinski definition) is 3. The molecule has 3 rings (SSSR count). The van der Waals surface area contributed by atoms with Gasteiger partial charge in [0.05, 0.1) is 16.0 Å². The fraction of sp³-hybridized carbons (Fsp3) is 0.0455. The average Bonchev–Trinajstić information content (AvgIpc) is 2.73. The van der Waals surface area contributed by atoms with E-state index in [2.05, 4.69) is 16.6 Å². The second-order valence-electron chi connectivity index (χ2n) is 6.34. The van der Waals surface area contributed by atoms with Crippen molar-refractivity contribution in [1.29, 1.82) is 0 Å². The van der Waals surface area contributed by atoms with E-state index < -0.39 is 27.7 Å². The van der Waals surface area contributed by atoms with Gasteiger partial charge in [-0.05, 0) is 66.7 Å². The fourth-order valence-corrected chi connectivity index (χ4v) is 3.59. The Hall–Kier alpha value is -3.77. The normalized spacial score (nSPS) is 11.3. The molecule has 2 N–H and O–H groups in total. The summed E-state index contributed by atoms with van der Waals surface area (Å²) in [5.74, 6) is 4.20. The van der Waals surface area contributed by atoms with Crippen molar-refractivity contribution in [1.82, 2.24) is 0 Å². The minimum atomic E-state index is -4.45. The number of benzene rings is 3. The molecule has 0 saturated carbocycles. The summed E-state index contributed by atoms with van der Waals surface area (Å²) in [6, 6.07) is 15.3. The molecule has 158 valence electrons. The molecule has 3 aromatic carbocycles. The molecule has 0 aliphatic rings. The first-order valence-electron chi connectivity index (χ1n) is 8.70. The van der Waals surface area contributed by atoms with Crippen molar-refractivity contribution in [2.24, 2.45) is 0 Å². The van der Waals surface area contributed by atoms with Gasteiger partial charge >= 0.3 is 12.1 Å². The molecule has 0 radical (unpaired) electrons. The Labute approximate surface area is 176 Å². The van der Waals surface area contributed by atoms with Gasteiger partial charge in [0.15, 0.2) is 0 Å². The van der Waals surface area contributed by atoms with Gasteiger partial charge in [-0.1, -0.05) is 17.9 Å². The van der Waals surface area contributed by atoms with Crippen LogP contribution in [0.15, 0.2) is 77.7 Å². The van der Waals surface area contributed by atoms with E-state index in [-0.39, 0.29) is 21.7 Å². The lowest BCUT2D eigenvalue weighted by Gasteiger charge is -2.08. The van der Waals surface area contributed by atoms with E-state index in [9.17, 15) is 26.4 Å². The van der Waals surface area contributed by atoms with Gasteiger partial charge < -0.3 is 5.11 Å².